The lowest BCUT2D eigenvalue weighted by atomic mass is 9.92. The van der Waals surface area contributed by atoms with E-state index in [0.29, 0.717) is 0 Å². The van der Waals surface area contributed by atoms with Crippen molar-refractivity contribution in [3.63, 3.8) is 0 Å². The van der Waals surface area contributed by atoms with Crippen LogP contribution in [0, 0.1) is 0 Å². The third-order valence-corrected chi connectivity index (χ3v) is 6.90. The second-order valence-corrected chi connectivity index (χ2v) is 8.92. The lowest BCUT2D eigenvalue weighted by Crippen LogP contribution is -1.97. The van der Waals surface area contributed by atoms with E-state index in [1.54, 1.807) is 0 Å². The first-order valence-corrected chi connectivity index (χ1v) is 11.7. The molecule has 0 fully saturated rings. The molecule has 35 heavy (non-hydrogen) atoms. The van der Waals surface area contributed by atoms with Crippen molar-refractivity contribution >= 4 is 32.7 Å². The molecule has 3 heteroatoms. The summed E-state index contributed by atoms with van der Waals surface area (Å²) in [5.74, 6) is 3.37. The molecule has 1 aliphatic heterocycles. The molecule has 0 saturated heterocycles. The van der Waals surface area contributed by atoms with Crippen LogP contribution in [0.5, 0.6) is 11.5 Å². The monoisotopic (exact) mass is 450 g/mol. The molecule has 0 bridgehead atoms. The third kappa shape index (κ3) is 2.66. The van der Waals surface area contributed by atoms with Crippen LogP contribution < -0.4 is 4.74 Å². The summed E-state index contributed by atoms with van der Waals surface area (Å²) in [7, 11) is 0. The molecule has 7 aromatic rings. The average molecular weight is 450 g/mol. The summed E-state index contributed by atoms with van der Waals surface area (Å²) in [6, 6.07) is 37.2. The molecule has 5 aromatic carbocycles. The molecule has 0 radical (unpaired) electrons. The minimum absolute atomic E-state index is 0.788. The van der Waals surface area contributed by atoms with Gasteiger partial charge in [0.2, 0.25) is 0 Å². The number of hydrogen-bond acceptors (Lipinski definition) is 3. The molecule has 0 saturated carbocycles. The van der Waals surface area contributed by atoms with E-state index in [2.05, 4.69) is 48.5 Å². The van der Waals surface area contributed by atoms with E-state index in [1.165, 1.54) is 0 Å². The number of hydrogen-bond donors (Lipinski definition) is 0. The van der Waals surface area contributed by atoms with Gasteiger partial charge in [0.05, 0.1) is 5.56 Å². The standard InChI is InChI=1S/C32H18O3/c1-4-13-28-21(8-1)23-10-6-11-24(32(23)35-28)29-16-15-26(33-29)20-17-19-7-5-14-30-31(19)25(18-20)22-9-2-3-12-27(22)34-30/h1-18H. The zero-order chi connectivity index (χ0) is 22.9. The number of para-hydroxylation sites is 3. The Bertz CT molecular complexity index is 1940. The van der Waals surface area contributed by atoms with Gasteiger partial charge in [-0.3, -0.25) is 0 Å². The Morgan fingerprint density at radius 2 is 1.26 bits per heavy atom. The minimum atomic E-state index is 0.788. The Hall–Kier alpha value is -4.76. The summed E-state index contributed by atoms with van der Waals surface area (Å²) in [5, 5.41) is 4.47. The van der Waals surface area contributed by atoms with E-state index in [4.69, 9.17) is 13.6 Å². The van der Waals surface area contributed by atoms with E-state index in [-0.39, 0.29) is 0 Å². The van der Waals surface area contributed by atoms with E-state index in [1.807, 2.05) is 60.7 Å². The van der Waals surface area contributed by atoms with Gasteiger partial charge in [-0.15, -0.1) is 0 Å². The lowest BCUT2D eigenvalue weighted by Gasteiger charge is -2.21. The molecule has 8 rings (SSSR count). The van der Waals surface area contributed by atoms with E-state index in [9.17, 15) is 0 Å². The van der Waals surface area contributed by atoms with Crippen LogP contribution in [0.25, 0.3) is 66.5 Å². The van der Waals surface area contributed by atoms with Crippen LogP contribution in [0.1, 0.15) is 0 Å². The van der Waals surface area contributed by atoms with Crippen LogP contribution in [0.3, 0.4) is 0 Å². The second-order valence-electron chi connectivity index (χ2n) is 8.92. The van der Waals surface area contributed by atoms with Gasteiger partial charge in [-0.05, 0) is 59.5 Å². The highest BCUT2D eigenvalue weighted by atomic mass is 16.5. The number of rotatable bonds is 2. The summed E-state index contributed by atoms with van der Waals surface area (Å²) in [6.07, 6.45) is 0. The minimum Gasteiger partial charge on any atom is -0.456 e. The predicted octanol–water partition coefficient (Wildman–Crippen LogP) is 9.44. The molecule has 3 nitrogen and oxygen atoms in total. The fraction of sp³-hybridized carbons (Fsp3) is 0. The second kappa shape index (κ2) is 6.87. The molecule has 0 atom stereocenters. The number of ether oxygens (including phenoxy) is 1. The van der Waals surface area contributed by atoms with Crippen molar-refractivity contribution in [2.45, 2.75) is 0 Å². The molecular weight excluding hydrogens is 432 g/mol. The fourth-order valence-corrected chi connectivity index (χ4v) is 5.31. The van der Waals surface area contributed by atoms with Crippen LogP contribution in [0.15, 0.2) is 118 Å². The molecule has 1 aliphatic rings. The highest BCUT2D eigenvalue weighted by Crippen LogP contribution is 2.48. The molecule has 3 heterocycles. The predicted molar refractivity (Wildman–Crippen MR) is 140 cm³/mol. The molecular formula is C32H18O3. The van der Waals surface area contributed by atoms with E-state index in [0.717, 1.165) is 78.0 Å². The Labute approximate surface area is 200 Å². The van der Waals surface area contributed by atoms with Gasteiger partial charge in [0.25, 0.3) is 0 Å². The van der Waals surface area contributed by atoms with Crippen molar-refractivity contribution in [1.29, 1.82) is 0 Å². The molecule has 2 aromatic heterocycles. The van der Waals surface area contributed by atoms with Crippen molar-refractivity contribution in [3.8, 4) is 45.3 Å². The SMILES string of the molecule is c1ccc2c(c1)Oc1cccc3cc(-c4ccc(-c5cccc6c5oc5ccccc56)o4)cc-2c13. The largest absolute Gasteiger partial charge is 0.456 e. The number of furan rings is 2. The van der Waals surface area contributed by atoms with E-state index < -0.39 is 0 Å². The van der Waals surface area contributed by atoms with Crippen LogP contribution >= 0.6 is 0 Å². The Balaban J connectivity index is 1.31. The van der Waals surface area contributed by atoms with Gasteiger partial charge in [0, 0.05) is 27.3 Å². The van der Waals surface area contributed by atoms with Crippen molar-refractivity contribution < 1.29 is 13.6 Å². The maximum atomic E-state index is 6.45. The highest BCUT2D eigenvalue weighted by Gasteiger charge is 2.21. The first-order chi connectivity index (χ1) is 17.3. The average Bonchev–Trinajstić information content (AvgIpc) is 3.54. The lowest BCUT2D eigenvalue weighted by molar-refractivity contribution is 0.487. The van der Waals surface area contributed by atoms with Gasteiger partial charge in [0.15, 0.2) is 0 Å². The zero-order valence-electron chi connectivity index (χ0n) is 18.6. The van der Waals surface area contributed by atoms with Crippen molar-refractivity contribution in [2.24, 2.45) is 0 Å². The zero-order valence-corrected chi connectivity index (χ0v) is 18.6. The maximum absolute atomic E-state index is 6.45. The maximum Gasteiger partial charge on any atom is 0.146 e. The summed E-state index contributed by atoms with van der Waals surface area (Å²) in [4.78, 5) is 0. The Morgan fingerprint density at radius 1 is 0.486 bits per heavy atom. The molecule has 0 unspecified atom stereocenters. The molecule has 0 N–H and O–H groups in total. The van der Waals surface area contributed by atoms with Gasteiger partial charge < -0.3 is 13.6 Å². The van der Waals surface area contributed by atoms with Gasteiger partial charge in [0.1, 0.15) is 34.2 Å². The Morgan fingerprint density at radius 3 is 2.26 bits per heavy atom. The van der Waals surface area contributed by atoms with Gasteiger partial charge in [-0.1, -0.05) is 60.7 Å². The molecule has 0 aliphatic carbocycles. The summed E-state index contributed by atoms with van der Waals surface area (Å²) < 4.78 is 18.9. The van der Waals surface area contributed by atoms with Crippen LogP contribution in [-0.4, -0.2) is 0 Å². The fourth-order valence-electron chi connectivity index (χ4n) is 5.31. The third-order valence-electron chi connectivity index (χ3n) is 6.90. The number of fused-ring (bicyclic) bond motifs is 5. The summed E-state index contributed by atoms with van der Waals surface area (Å²) >= 11 is 0. The van der Waals surface area contributed by atoms with Crippen LogP contribution in [0.4, 0.5) is 0 Å². The van der Waals surface area contributed by atoms with Crippen molar-refractivity contribution in [1.82, 2.24) is 0 Å². The first kappa shape index (κ1) is 18.6. The summed E-state index contributed by atoms with van der Waals surface area (Å²) in [5.41, 5.74) is 5.97. The highest BCUT2D eigenvalue weighted by molar-refractivity contribution is 6.09. The molecule has 0 amide bonds. The topological polar surface area (TPSA) is 35.5 Å². The first-order valence-electron chi connectivity index (χ1n) is 11.7. The van der Waals surface area contributed by atoms with Crippen LogP contribution in [0.2, 0.25) is 0 Å². The van der Waals surface area contributed by atoms with Gasteiger partial charge >= 0.3 is 0 Å². The quantitative estimate of drug-likeness (QED) is 0.263. The Kier molecular flexibility index (Phi) is 3.66. The van der Waals surface area contributed by atoms with E-state index >= 15 is 0 Å². The normalized spacial score (nSPS) is 12.2. The van der Waals surface area contributed by atoms with Gasteiger partial charge in [-0.2, -0.15) is 0 Å². The molecule has 0 spiro atoms. The van der Waals surface area contributed by atoms with Crippen LogP contribution in [-0.2, 0) is 0 Å². The van der Waals surface area contributed by atoms with Crippen molar-refractivity contribution in [3.05, 3.63) is 109 Å². The summed E-state index contributed by atoms with van der Waals surface area (Å²) in [6.45, 7) is 0. The molecule has 164 valence electrons. The van der Waals surface area contributed by atoms with Gasteiger partial charge in [-0.25, -0.2) is 0 Å². The smallest absolute Gasteiger partial charge is 0.146 e. The van der Waals surface area contributed by atoms with Crippen molar-refractivity contribution in [2.75, 3.05) is 0 Å². The number of benzene rings is 5.